The number of para-hydroxylation sites is 1. The summed E-state index contributed by atoms with van der Waals surface area (Å²) in [5.74, 6) is 0.680. The molecule has 17 heavy (non-hydrogen) atoms. The summed E-state index contributed by atoms with van der Waals surface area (Å²) in [6.07, 6.45) is 1.09. The molecule has 2 nitrogen and oxygen atoms in total. The van der Waals surface area contributed by atoms with Crippen molar-refractivity contribution in [3.05, 3.63) is 40.4 Å². The highest BCUT2D eigenvalue weighted by molar-refractivity contribution is 6.32. The number of hydrogen-bond acceptors (Lipinski definition) is 2. The second-order valence-corrected chi connectivity index (χ2v) is 4.65. The zero-order valence-corrected chi connectivity index (χ0v) is 11.4. The van der Waals surface area contributed by atoms with E-state index in [1.807, 2.05) is 12.1 Å². The van der Waals surface area contributed by atoms with Gasteiger partial charge in [0.25, 0.3) is 0 Å². The van der Waals surface area contributed by atoms with Crippen LogP contribution in [0.5, 0.6) is 5.75 Å². The van der Waals surface area contributed by atoms with Crippen LogP contribution in [-0.2, 0) is 6.54 Å². The van der Waals surface area contributed by atoms with Crippen LogP contribution in [0.3, 0.4) is 0 Å². The fraction of sp³-hybridized carbons (Fsp3) is 0.385. The highest BCUT2D eigenvalue weighted by Gasteiger charge is 2.08. The van der Waals surface area contributed by atoms with Crippen molar-refractivity contribution < 1.29 is 4.74 Å². The van der Waals surface area contributed by atoms with E-state index < -0.39 is 0 Å². The maximum Gasteiger partial charge on any atom is 0.142 e. The lowest BCUT2D eigenvalue weighted by atomic mass is 10.2. The monoisotopic (exact) mass is 273 g/mol. The number of nitrogens with one attached hydrogen (secondary N) is 1. The second kappa shape index (κ2) is 7.59. The molecule has 0 atom stereocenters. The van der Waals surface area contributed by atoms with Crippen molar-refractivity contribution in [2.45, 2.75) is 19.9 Å². The van der Waals surface area contributed by atoms with Crippen molar-refractivity contribution >= 4 is 23.2 Å². The summed E-state index contributed by atoms with van der Waals surface area (Å²) in [5.41, 5.74) is 1.03. The Morgan fingerprint density at radius 3 is 2.88 bits per heavy atom. The van der Waals surface area contributed by atoms with Gasteiger partial charge in [0.1, 0.15) is 12.4 Å². The summed E-state index contributed by atoms with van der Waals surface area (Å²) in [4.78, 5) is 0. The van der Waals surface area contributed by atoms with E-state index in [2.05, 4.69) is 18.8 Å². The number of halogens is 2. The van der Waals surface area contributed by atoms with Crippen molar-refractivity contribution in [3.8, 4) is 5.75 Å². The molecule has 0 aliphatic carbocycles. The van der Waals surface area contributed by atoms with Gasteiger partial charge in [-0.2, -0.15) is 0 Å². The van der Waals surface area contributed by atoms with Crippen LogP contribution in [0.4, 0.5) is 0 Å². The first kappa shape index (κ1) is 14.4. The van der Waals surface area contributed by atoms with Crippen LogP contribution in [0.1, 0.15) is 18.9 Å². The molecular formula is C13H17Cl2NO. The van der Waals surface area contributed by atoms with E-state index >= 15 is 0 Å². The van der Waals surface area contributed by atoms with E-state index in [0.29, 0.717) is 15.8 Å². The van der Waals surface area contributed by atoms with Gasteiger partial charge in [0.15, 0.2) is 0 Å². The van der Waals surface area contributed by atoms with E-state index in [4.69, 9.17) is 27.9 Å². The van der Waals surface area contributed by atoms with Gasteiger partial charge in [0.2, 0.25) is 0 Å². The van der Waals surface area contributed by atoms with Crippen LogP contribution in [0, 0.1) is 0 Å². The molecule has 0 fully saturated rings. The Kier molecular flexibility index (Phi) is 6.41. The molecule has 0 radical (unpaired) electrons. The molecule has 4 heteroatoms. The summed E-state index contributed by atoms with van der Waals surface area (Å²) in [7, 11) is 0. The third-order valence-electron chi connectivity index (χ3n) is 2.16. The Morgan fingerprint density at radius 1 is 1.47 bits per heavy atom. The molecule has 94 valence electrons. The van der Waals surface area contributed by atoms with Crippen molar-refractivity contribution in [1.82, 2.24) is 5.32 Å². The molecule has 1 N–H and O–H groups in total. The molecule has 0 aliphatic rings. The molecule has 0 aliphatic heterocycles. The molecular weight excluding hydrogens is 257 g/mol. The van der Waals surface area contributed by atoms with E-state index in [1.54, 1.807) is 6.07 Å². The first-order valence-corrected chi connectivity index (χ1v) is 6.35. The van der Waals surface area contributed by atoms with Gasteiger partial charge >= 0.3 is 0 Å². The highest BCUT2D eigenvalue weighted by atomic mass is 35.5. The minimum atomic E-state index is 0.270. The fourth-order valence-electron chi connectivity index (χ4n) is 1.40. The third kappa shape index (κ3) is 4.99. The number of hydrogen-bond donors (Lipinski definition) is 1. The maximum absolute atomic E-state index is 6.10. The molecule has 0 heterocycles. The van der Waals surface area contributed by atoms with Gasteiger partial charge < -0.3 is 10.1 Å². The van der Waals surface area contributed by atoms with E-state index in [9.17, 15) is 0 Å². The molecule has 0 amide bonds. The molecule has 0 unspecified atom stereocenters. The Bertz CT molecular complexity index is 380. The SMILES string of the molecule is C=C(Cl)COc1c(Cl)cccc1CNCCC. The van der Waals surface area contributed by atoms with Gasteiger partial charge in [-0.25, -0.2) is 0 Å². The first-order chi connectivity index (χ1) is 8.15. The normalized spacial score (nSPS) is 10.3. The lowest BCUT2D eigenvalue weighted by Crippen LogP contribution is -2.15. The Balaban J connectivity index is 2.73. The number of benzene rings is 1. The van der Waals surface area contributed by atoms with Crippen molar-refractivity contribution in [2.75, 3.05) is 13.2 Å². The predicted molar refractivity (Wildman–Crippen MR) is 73.9 cm³/mol. The average Bonchev–Trinajstić information content (AvgIpc) is 2.28. The Labute approximate surface area is 113 Å². The zero-order valence-electron chi connectivity index (χ0n) is 9.93. The standard InChI is InChI=1S/C13H17Cl2NO/c1-3-7-16-8-11-5-4-6-12(15)13(11)17-9-10(2)14/h4-6,16H,2-3,7-9H2,1H3. The summed E-state index contributed by atoms with van der Waals surface area (Å²) >= 11 is 11.8. The second-order valence-electron chi connectivity index (χ2n) is 3.71. The third-order valence-corrected chi connectivity index (χ3v) is 2.57. The predicted octanol–water partition coefficient (Wildman–Crippen LogP) is 3.97. The van der Waals surface area contributed by atoms with Gasteiger partial charge in [-0.05, 0) is 19.0 Å². The highest BCUT2D eigenvalue weighted by Crippen LogP contribution is 2.29. The minimum absolute atomic E-state index is 0.270. The largest absolute Gasteiger partial charge is 0.486 e. The average molecular weight is 274 g/mol. The molecule has 0 saturated carbocycles. The van der Waals surface area contributed by atoms with E-state index in [-0.39, 0.29) is 6.61 Å². The van der Waals surface area contributed by atoms with Gasteiger partial charge in [0, 0.05) is 17.1 Å². The fourth-order valence-corrected chi connectivity index (χ4v) is 1.71. The van der Waals surface area contributed by atoms with Gasteiger partial charge in [-0.1, -0.05) is 48.8 Å². The molecule has 0 spiro atoms. The van der Waals surface area contributed by atoms with Gasteiger partial charge in [-0.15, -0.1) is 0 Å². The lowest BCUT2D eigenvalue weighted by molar-refractivity contribution is 0.354. The Morgan fingerprint density at radius 2 is 2.24 bits per heavy atom. The summed E-state index contributed by atoms with van der Waals surface area (Å²) in [6, 6.07) is 5.70. The van der Waals surface area contributed by atoms with Gasteiger partial charge in [-0.3, -0.25) is 0 Å². The number of ether oxygens (including phenoxy) is 1. The van der Waals surface area contributed by atoms with E-state index in [1.165, 1.54) is 0 Å². The summed E-state index contributed by atoms with van der Waals surface area (Å²) < 4.78 is 5.56. The van der Waals surface area contributed by atoms with Crippen LogP contribution in [-0.4, -0.2) is 13.2 Å². The van der Waals surface area contributed by atoms with E-state index in [0.717, 1.165) is 25.1 Å². The first-order valence-electron chi connectivity index (χ1n) is 5.59. The molecule has 1 aromatic carbocycles. The molecule has 0 aromatic heterocycles. The molecule has 1 rings (SSSR count). The maximum atomic E-state index is 6.10. The van der Waals surface area contributed by atoms with Crippen molar-refractivity contribution in [2.24, 2.45) is 0 Å². The van der Waals surface area contributed by atoms with Gasteiger partial charge in [0.05, 0.1) is 5.02 Å². The topological polar surface area (TPSA) is 21.3 Å². The van der Waals surface area contributed by atoms with Crippen LogP contribution < -0.4 is 10.1 Å². The zero-order chi connectivity index (χ0) is 12.7. The van der Waals surface area contributed by atoms with Crippen LogP contribution in [0.15, 0.2) is 29.8 Å². The summed E-state index contributed by atoms with van der Waals surface area (Å²) in [5, 5.41) is 4.36. The molecule has 0 bridgehead atoms. The molecule has 0 saturated heterocycles. The van der Waals surface area contributed by atoms with Crippen molar-refractivity contribution in [3.63, 3.8) is 0 Å². The minimum Gasteiger partial charge on any atom is -0.486 e. The molecule has 1 aromatic rings. The van der Waals surface area contributed by atoms with Crippen molar-refractivity contribution in [1.29, 1.82) is 0 Å². The summed E-state index contributed by atoms with van der Waals surface area (Å²) in [6.45, 7) is 7.68. The smallest absolute Gasteiger partial charge is 0.142 e. The van der Waals surface area contributed by atoms with Crippen LogP contribution in [0.25, 0.3) is 0 Å². The van der Waals surface area contributed by atoms with Crippen LogP contribution >= 0.6 is 23.2 Å². The number of rotatable bonds is 7. The Hall–Kier alpha value is -0.700. The lowest BCUT2D eigenvalue weighted by Gasteiger charge is -2.13. The quantitative estimate of drug-likeness (QED) is 0.759. The van der Waals surface area contributed by atoms with Crippen LogP contribution in [0.2, 0.25) is 5.02 Å².